The topological polar surface area (TPSA) is 157 Å². The van der Waals surface area contributed by atoms with E-state index < -0.39 is 23.6 Å². The van der Waals surface area contributed by atoms with Crippen LogP contribution < -0.4 is 15.5 Å². The van der Waals surface area contributed by atoms with Crippen molar-refractivity contribution in [1.29, 1.82) is 0 Å². The third-order valence-electron chi connectivity index (χ3n) is 5.07. The number of phenolic OH excluding ortho intramolecular Hbond substituents is 1. The number of carboxylic acid groups (broad SMARTS) is 1. The van der Waals surface area contributed by atoms with Gasteiger partial charge in [-0.3, -0.25) is 15.1 Å². The standard InChI is InChI=1S/C25H19N3O8/c1-2-35-24(32)27-19-11-16(36-23(31)14-4-3-9-26-13-14)6-8-17(19)21-12-22(30)18-7-5-15(29)10-20(18)28(21)25(33)34/h3-13,29H,2H2,1H3,(H,27,32)(H,33,34). The summed E-state index contributed by atoms with van der Waals surface area (Å²) >= 11 is 0. The first-order valence-corrected chi connectivity index (χ1v) is 10.6. The largest absolute Gasteiger partial charge is 0.508 e. The van der Waals surface area contributed by atoms with E-state index in [1.54, 1.807) is 13.0 Å². The van der Waals surface area contributed by atoms with Gasteiger partial charge in [-0.1, -0.05) is 0 Å². The molecule has 11 nitrogen and oxygen atoms in total. The first-order chi connectivity index (χ1) is 17.3. The number of nitrogens with zero attached hydrogens (tertiary/aromatic N) is 2. The van der Waals surface area contributed by atoms with E-state index in [4.69, 9.17) is 9.47 Å². The van der Waals surface area contributed by atoms with Crippen molar-refractivity contribution in [3.8, 4) is 22.8 Å². The van der Waals surface area contributed by atoms with Crippen LogP contribution in [0.5, 0.6) is 11.5 Å². The van der Waals surface area contributed by atoms with Crippen LogP contribution >= 0.6 is 0 Å². The highest BCUT2D eigenvalue weighted by atomic mass is 16.5. The number of carbonyl (C=O) groups excluding carboxylic acids is 2. The minimum Gasteiger partial charge on any atom is -0.508 e. The van der Waals surface area contributed by atoms with Gasteiger partial charge in [0.25, 0.3) is 0 Å². The molecule has 0 fully saturated rings. The SMILES string of the molecule is CCOC(=O)Nc1cc(OC(=O)c2cccnc2)ccc1-c1cc(=O)c2ccc(O)cc2n1C(=O)O. The van der Waals surface area contributed by atoms with Gasteiger partial charge in [-0.15, -0.1) is 0 Å². The summed E-state index contributed by atoms with van der Waals surface area (Å²) in [7, 11) is 0. The Hall–Kier alpha value is -5.19. The van der Waals surface area contributed by atoms with E-state index in [0.717, 1.165) is 16.7 Å². The van der Waals surface area contributed by atoms with Crippen LogP contribution in [-0.4, -0.2) is 44.5 Å². The van der Waals surface area contributed by atoms with E-state index in [9.17, 15) is 29.4 Å². The Morgan fingerprint density at radius 3 is 2.58 bits per heavy atom. The van der Waals surface area contributed by atoms with Gasteiger partial charge in [0.15, 0.2) is 5.43 Å². The minimum atomic E-state index is -1.44. The van der Waals surface area contributed by atoms with Crippen LogP contribution in [0.4, 0.5) is 15.3 Å². The lowest BCUT2D eigenvalue weighted by molar-refractivity contribution is 0.0734. The first-order valence-electron chi connectivity index (χ1n) is 10.6. The van der Waals surface area contributed by atoms with Gasteiger partial charge in [-0.2, -0.15) is 0 Å². The van der Waals surface area contributed by atoms with Gasteiger partial charge in [0.1, 0.15) is 11.5 Å². The van der Waals surface area contributed by atoms with Crippen molar-refractivity contribution in [2.24, 2.45) is 0 Å². The molecule has 11 heteroatoms. The molecule has 0 saturated heterocycles. The Labute approximate surface area is 203 Å². The lowest BCUT2D eigenvalue weighted by atomic mass is 10.1. The monoisotopic (exact) mass is 489 g/mol. The van der Waals surface area contributed by atoms with Gasteiger partial charge in [-0.25, -0.2) is 19.0 Å². The molecule has 0 spiro atoms. The van der Waals surface area contributed by atoms with E-state index in [1.807, 2.05) is 0 Å². The molecule has 36 heavy (non-hydrogen) atoms. The normalized spacial score (nSPS) is 10.6. The number of nitrogens with one attached hydrogen (secondary N) is 1. The van der Waals surface area contributed by atoms with Crippen molar-refractivity contribution < 1.29 is 34.1 Å². The molecular weight excluding hydrogens is 470 g/mol. The van der Waals surface area contributed by atoms with Gasteiger partial charge >= 0.3 is 18.2 Å². The van der Waals surface area contributed by atoms with E-state index in [1.165, 1.54) is 48.8 Å². The summed E-state index contributed by atoms with van der Waals surface area (Å²) in [5.74, 6) is -0.916. The van der Waals surface area contributed by atoms with Crippen LogP contribution in [-0.2, 0) is 4.74 Å². The molecule has 2 heterocycles. The molecule has 182 valence electrons. The average Bonchev–Trinajstić information content (AvgIpc) is 2.84. The predicted molar refractivity (Wildman–Crippen MR) is 129 cm³/mol. The molecule has 4 aromatic rings. The maximum absolute atomic E-state index is 12.8. The fourth-order valence-electron chi connectivity index (χ4n) is 3.55. The highest BCUT2D eigenvalue weighted by Gasteiger charge is 2.21. The van der Waals surface area contributed by atoms with E-state index >= 15 is 0 Å². The van der Waals surface area contributed by atoms with Crippen LogP contribution in [0.25, 0.3) is 22.2 Å². The number of anilines is 1. The van der Waals surface area contributed by atoms with Gasteiger partial charge < -0.3 is 19.7 Å². The highest BCUT2D eigenvalue weighted by molar-refractivity contribution is 5.97. The molecule has 0 saturated carbocycles. The summed E-state index contributed by atoms with van der Waals surface area (Å²) in [6, 6.07) is 12.0. The third-order valence-corrected chi connectivity index (χ3v) is 5.07. The van der Waals surface area contributed by atoms with Gasteiger partial charge in [0.2, 0.25) is 0 Å². The number of hydrogen-bond acceptors (Lipinski definition) is 8. The fourth-order valence-corrected chi connectivity index (χ4v) is 3.55. The number of pyridine rings is 2. The predicted octanol–water partition coefficient (Wildman–Crippen LogP) is 4.08. The number of aromatic nitrogens is 2. The number of fused-ring (bicyclic) bond motifs is 1. The Bertz CT molecular complexity index is 1550. The molecule has 3 N–H and O–H groups in total. The number of esters is 1. The number of carbonyl (C=O) groups is 3. The molecule has 0 unspecified atom stereocenters. The number of hydrogen-bond donors (Lipinski definition) is 3. The molecule has 0 bridgehead atoms. The summed E-state index contributed by atoms with van der Waals surface area (Å²) in [6.45, 7) is 1.66. The Balaban J connectivity index is 1.87. The summed E-state index contributed by atoms with van der Waals surface area (Å²) in [4.78, 5) is 53.6. The molecule has 0 aliphatic heterocycles. The average molecular weight is 489 g/mol. The van der Waals surface area contributed by atoms with Crippen LogP contribution in [0, 0.1) is 0 Å². The summed E-state index contributed by atoms with van der Waals surface area (Å²) in [5, 5.41) is 22.4. The van der Waals surface area contributed by atoms with Crippen molar-refractivity contribution in [2.75, 3.05) is 11.9 Å². The van der Waals surface area contributed by atoms with Crippen LogP contribution in [0.1, 0.15) is 17.3 Å². The maximum atomic E-state index is 12.8. The van der Waals surface area contributed by atoms with Gasteiger partial charge in [-0.05, 0) is 43.3 Å². The lowest BCUT2D eigenvalue weighted by Crippen LogP contribution is -2.19. The number of phenols is 1. The van der Waals surface area contributed by atoms with Crippen molar-refractivity contribution in [2.45, 2.75) is 6.92 Å². The number of amides is 1. The number of aromatic hydroxyl groups is 1. The second-order valence-corrected chi connectivity index (χ2v) is 7.40. The zero-order chi connectivity index (χ0) is 25.8. The van der Waals surface area contributed by atoms with Crippen LogP contribution in [0.15, 0.2) is 71.8 Å². The second kappa shape index (κ2) is 9.97. The van der Waals surface area contributed by atoms with Crippen molar-refractivity contribution >= 4 is 34.7 Å². The third kappa shape index (κ3) is 4.85. The smallest absolute Gasteiger partial charge is 0.416 e. The lowest BCUT2D eigenvalue weighted by Gasteiger charge is -2.17. The molecule has 2 aromatic carbocycles. The Morgan fingerprint density at radius 1 is 1.08 bits per heavy atom. The first kappa shape index (κ1) is 24.0. The van der Waals surface area contributed by atoms with Crippen molar-refractivity contribution in [1.82, 2.24) is 9.55 Å². The zero-order valence-electron chi connectivity index (χ0n) is 18.8. The quantitative estimate of drug-likeness (QED) is 0.277. The maximum Gasteiger partial charge on any atom is 0.416 e. The van der Waals surface area contributed by atoms with E-state index in [-0.39, 0.29) is 51.5 Å². The van der Waals surface area contributed by atoms with Crippen LogP contribution in [0.3, 0.4) is 0 Å². The van der Waals surface area contributed by atoms with Gasteiger partial charge in [0, 0.05) is 41.5 Å². The molecule has 4 rings (SSSR count). The Kier molecular flexibility index (Phi) is 6.63. The minimum absolute atomic E-state index is 0.0128. The van der Waals surface area contributed by atoms with Gasteiger partial charge in [0.05, 0.1) is 29.1 Å². The van der Waals surface area contributed by atoms with E-state index in [0.29, 0.717) is 0 Å². The number of benzene rings is 2. The summed E-state index contributed by atoms with van der Waals surface area (Å²) < 4.78 is 11.1. The Morgan fingerprint density at radius 2 is 1.89 bits per heavy atom. The molecule has 0 radical (unpaired) electrons. The number of rotatable bonds is 5. The molecule has 0 aliphatic carbocycles. The number of ether oxygens (including phenoxy) is 2. The highest BCUT2D eigenvalue weighted by Crippen LogP contribution is 2.33. The van der Waals surface area contributed by atoms with Crippen molar-refractivity contribution in [3.05, 3.63) is 82.8 Å². The summed E-state index contributed by atoms with van der Waals surface area (Å²) in [6.07, 6.45) is 0.537. The fraction of sp³-hybridized carbons (Fsp3) is 0.0800. The molecule has 1 amide bonds. The van der Waals surface area contributed by atoms with Crippen molar-refractivity contribution in [3.63, 3.8) is 0 Å². The molecule has 0 atom stereocenters. The second-order valence-electron chi connectivity index (χ2n) is 7.40. The zero-order valence-corrected chi connectivity index (χ0v) is 18.8. The van der Waals surface area contributed by atoms with Crippen LogP contribution in [0.2, 0.25) is 0 Å². The molecule has 0 aliphatic rings. The molecular formula is C25H19N3O8. The molecule has 2 aromatic heterocycles. The summed E-state index contributed by atoms with van der Waals surface area (Å²) in [5.41, 5.74) is -0.336. The van der Waals surface area contributed by atoms with E-state index in [2.05, 4.69) is 10.3 Å².